The van der Waals surface area contributed by atoms with Crippen molar-refractivity contribution in [3.05, 3.63) is 34.1 Å². The molecule has 2 N–H and O–H groups in total. The zero-order chi connectivity index (χ0) is 12.8. The number of halogens is 2. The third-order valence-electron chi connectivity index (χ3n) is 2.01. The Bertz CT molecular complexity index is 437. The van der Waals surface area contributed by atoms with E-state index in [0.717, 1.165) is 0 Å². The summed E-state index contributed by atoms with van der Waals surface area (Å²) in [6.45, 7) is 0.0766. The van der Waals surface area contributed by atoms with E-state index < -0.39 is 11.8 Å². The highest BCUT2D eigenvalue weighted by molar-refractivity contribution is 9.10. The van der Waals surface area contributed by atoms with Crippen LogP contribution in [0.1, 0.15) is 12.0 Å². The number of hydrogen-bond acceptors (Lipinski definition) is 2. The van der Waals surface area contributed by atoms with E-state index in [1.165, 1.54) is 12.1 Å². The Morgan fingerprint density at radius 3 is 2.71 bits per heavy atom. The molecule has 0 spiro atoms. The maximum absolute atomic E-state index is 13.1. The van der Waals surface area contributed by atoms with Crippen LogP contribution in [0.2, 0.25) is 0 Å². The molecule has 0 saturated heterocycles. The standard InChI is InChI=1S/C11H11BrFNO3/c12-8-2-1-7(5-9(8)13)6-10(15)14-4-3-11(16)17/h1-2,5H,3-4,6H2,(H,14,15)(H,16,17). The number of carbonyl (C=O) groups excluding carboxylic acids is 1. The number of hydrogen-bond donors (Lipinski definition) is 2. The Hall–Kier alpha value is -1.43. The van der Waals surface area contributed by atoms with Crippen LogP contribution >= 0.6 is 15.9 Å². The normalized spacial score (nSPS) is 10.0. The summed E-state index contributed by atoms with van der Waals surface area (Å²) in [5.74, 6) is -1.73. The van der Waals surface area contributed by atoms with Gasteiger partial charge in [0.05, 0.1) is 17.3 Å². The number of carbonyl (C=O) groups is 2. The Labute approximate surface area is 106 Å². The largest absolute Gasteiger partial charge is 0.481 e. The predicted octanol–water partition coefficient (Wildman–Crippen LogP) is 1.72. The number of aliphatic carboxylic acids is 1. The number of rotatable bonds is 5. The van der Waals surface area contributed by atoms with Crippen LogP contribution < -0.4 is 5.32 Å². The molecule has 92 valence electrons. The zero-order valence-corrected chi connectivity index (χ0v) is 10.5. The molecule has 0 bridgehead atoms. The minimum Gasteiger partial charge on any atom is -0.481 e. The van der Waals surface area contributed by atoms with Crippen LogP contribution in [0, 0.1) is 5.82 Å². The van der Waals surface area contributed by atoms with Gasteiger partial charge in [-0.05, 0) is 33.6 Å². The molecule has 0 aromatic heterocycles. The fourth-order valence-corrected chi connectivity index (χ4v) is 1.45. The predicted molar refractivity (Wildman–Crippen MR) is 63.1 cm³/mol. The topological polar surface area (TPSA) is 66.4 Å². The third kappa shape index (κ3) is 4.95. The van der Waals surface area contributed by atoms with Crippen LogP contribution in [0.25, 0.3) is 0 Å². The van der Waals surface area contributed by atoms with Crippen LogP contribution in [0.15, 0.2) is 22.7 Å². The van der Waals surface area contributed by atoms with Gasteiger partial charge >= 0.3 is 5.97 Å². The highest BCUT2D eigenvalue weighted by Crippen LogP contribution is 2.16. The number of benzene rings is 1. The average molecular weight is 304 g/mol. The van der Waals surface area contributed by atoms with Gasteiger partial charge < -0.3 is 10.4 Å². The van der Waals surface area contributed by atoms with E-state index in [4.69, 9.17) is 5.11 Å². The molecule has 0 unspecified atom stereocenters. The molecule has 1 aromatic carbocycles. The number of nitrogens with one attached hydrogen (secondary N) is 1. The Morgan fingerprint density at radius 1 is 1.41 bits per heavy atom. The fourth-order valence-electron chi connectivity index (χ4n) is 1.21. The maximum atomic E-state index is 13.1. The molecule has 0 fully saturated rings. The zero-order valence-electron chi connectivity index (χ0n) is 8.87. The van der Waals surface area contributed by atoms with Crippen LogP contribution in [-0.2, 0) is 16.0 Å². The first-order valence-corrected chi connectivity index (χ1v) is 5.71. The molecule has 4 nitrogen and oxygen atoms in total. The smallest absolute Gasteiger partial charge is 0.305 e. The Morgan fingerprint density at radius 2 is 2.12 bits per heavy atom. The second-order valence-electron chi connectivity index (χ2n) is 3.42. The molecular formula is C11H11BrFNO3. The molecule has 0 aliphatic rings. The van der Waals surface area contributed by atoms with Gasteiger partial charge in [0.15, 0.2) is 0 Å². The molecule has 1 rings (SSSR count). The minimum absolute atomic E-state index is 0.0316. The van der Waals surface area contributed by atoms with Gasteiger partial charge in [-0.2, -0.15) is 0 Å². The first-order chi connectivity index (χ1) is 7.99. The summed E-state index contributed by atoms with van der Waals surface area (Å²) in [5.41, 5.74) is 0.540. The first-order valence-electron chi connectivity index (χ1n) is 4.91. The second-order valence-corrected chi connectivity index (χ2v) is 4.27. The lowest BCUT2D eigenvalue weighted by atomic mass is 10.1. The highest BCUT2D eigenvalue weighted by Gasteiger charge is 2.06. The molecule has 0 radical (unpaired) electrons. The van der Waals surface area contributed by atoms with Gasteiger partial charge in [0, 0.05) is 6.54 Å². The van der Waals surface area contributed by atoms with Crippen molar-refractivity contribution < 1.29 is 19.1 Å². The molecule has 0 saturated carbocycles. The van der Waals surface area contributed by atoms with Gasteiger partial charge in [-0.3, -0.25) is 9.59 Å². The fraction of sp³-hybridized carbons (Fsp3) is 0.273. The lowest BCUT2D eigenvalue weighted by Gasteiger charge is -2.04. The third-order valence-corrected chi connectivity index (χ3v) is 2.65. The molecular weight excluding hydrogens is 293 g/mol. The van der Waals surface area contributed by atoms with Crippen molar-refractivity contribution in [1.82, 2.24) is 5.32 Å². The summed E-state index contributed by atoms with van der Waals surface area (Å²) < 4.78 is 13.5. The van der Waals surface area contributed by atoms with E-state index >= 15 is 0 Å². The molecule has 1 amide bonds. The SMILES string of the molecule is O=C(O)CCNC(=O)Cc1ccc(Br)c(F)c1. The molecule has 17 heavy (non-hydrogen) atoms. The van der Waals surface area contributed by atoms with E-state index in [1.54, 1.807) is 6.07 Å². The Balaban J connectivity index is 2.45. The van der Waals surface area contributed by atoms with E-state index in [1.807, 2.05) is 0 Å². The molecule has 0 aliphatic heterocycles. The Kier molecular flexibility index (Phi) is 5.09. The molecule has 0 aliphatic carbocycles. The lowest BCUT2D eigenvalue weighted by molar-refractivity contribution is -0.136. The van der Waals surface area contributed by atoms with Gasteiger partial charge in [-0.15, -0.1) is 0 Å². The molecule has 1 aromatic rings. The number of amides is 1. The van der Waals surface area contributed by atoms with Crippen LogP contribution in [0.5, 0.6) is 0 Å². The summed E-state index contributed by atoms with van der Waals surface area (Å²) in [6.07, 6.45) is -0.0930. The van der Waals surface area contributed by atoms with Crippen molar-refractivity contribution in [2.45, 2.75) is 12.8 Å². The summed E-state index contributed by atoms with van der Waals surface area (Å²) in [5, 5.41) is 10.8. The van der Waals surface area contributed by atoms with Crippen LogP contribution in [0.3, 0.4) is 0 Å². The van der Waals surface area contributed by atoms with Crippen molar-refractivity contribution >= 4 is 27.8 Å². The van der Waals surface area contributed by atoms with Crippen molar-refractivity contribution in [3.63, 3.8) is 0 Å². The van der Waals surface area contributed by atoms with Gasteiger partial charge in [-0.25, -0.2) is 4.39 Å². The van der Waals surface area contributed by atoms with Gasteiger partial charge in [-0.1, -0.05) is 6.07 Å². The summed E-state index contributed by atoms with van der Waals surface area (Å²) >= 11 is 3.01. The lowest BCUT2D eigenvalue weighted by Crippen LogP contribution is -2.27. The molecule has 6 heteroatoms. The second kappa shape index (κ2) is 6.34. The summed E-state index contributed by atoms with van der Waals surface area (Å²) in [6, 6.07) is 4.42. The van der Waals surface area contributed by atoms with Crippen molar-refractivity contribution in [2.24, 2.45) is 0 Å². The quantitative estimate of drug-likeness (QED) is 0.870. The van der Waals surface area contributed by atoms with Gasteiger partial charge in [0.2, 0.25) is 5.91 Å². The van der Waals surface area contributed by atoms with Crippen molar-refractivity contribution in [3.8, 4) is 0 Å². The van der Waals surface area contributed by atoms with E-state index in [9.17, 15) is 14.0 Å². The summed E-state index contributed by atoms with van der Waals surface area (Å²) in [4.78, 5) is 21.6. The first kappa shape index (κ1) is 13.6. The maximum Gasteiger partial charge on any atom is 0.305 e. The number of carboxylic acid groups (broad SMARTS) is 1. The van der Waals surface area contributed by atoms with Crippen LogP contribution in [0.4, 0.5) is 4.39 Å². The van der Waals surface area contributed by atoms with Gasteiger partial charge in [0.25, 0.3) is 0 Å². The average Bonchev–Trinajstić information content (AvgIpc) is 2.23. The molecule has 0 heterocycles. The van der Waals surface area contributed by atoms with Crippen molar-refractivity contribution in [2.75, 3.05) is 6.54 Å². The van der Waals surface area contributed by atoms with E-state index in [2.05, 4.69) is 21.2 Å². The van der Waals surface area contributed by atoms with E-state index in [-0.39, 0.29) is 25.3 Å². The summed E-state index contributed by atoms with van der Waals surface area (Å²) in [7, 11) is 0. The number of carboxylic acids is 1. The molecule has 0 atom stereocenters. The van der Waals surface area contributed by atoms with E-state index in [0.29, 0.717) is 10.0 Å². The minimum atomic E-state index is -0.972. The monoisotopic (exact) mass is 303 g/mol. The van der Waals surface area contributed by atoms with Crippen molar-refractivity contribution in [1.29, 1.82) is 0 Å². The van der Waals surface area contributed by atoms with Crippen LogP contribution in [-0.4, -0.2) is 23.5 Å². The highest BCUT2D eigenvalue weighted by atomic mass is 79.9. The van der Waals surface area contributed by atoms with Gasteiger partial charge in [0.1, 0.15) is 5.82 Å².